The van der Waals surface area contributed by atoms with E-state index >= 15 is 0 Å². The molecule has 1 atom stereocenters. The van der Waals surface area contributed by atoms with Crippen molar-refractivity contribution < 1.29 is 0 Å². The van der Waals surface area contributed by atoms with Gasteiger partial charge in [-0.2, -0.15) is 0 Å². The Morgan fingerprint density at radius 1 is 0.654 bits per heavy atom. The van der Waals surface area contributed by atoms with Crippen LogP contribution in [0.1, 0.15) is 142 Å². The van der Waals surface area contributed by atoms with Gasteiger partial charge in [-0.1, -0.05) is 122 Å². The smallest absolute Gasteiger partial charge is 0.0548 e. The van der Waals surface area contributed by atoms with Crippen molar-refractivity contribution in [3.05, 3.63) is 0 Å². The normalized spacial score (nSPS) is 16.8. The van der Waals surface area contributed by atoms with E-state index in [9.17, 15) is 0 Å². The first-order chi connectivity index (χ1) is 12.8. The summed E-state index contributed by atoms with van der Waals surface area (Å²) in [5.74, 6) is 0. The van der Waals surface area contributed by atoms with Crippen LogP contribution in [0, 0.1) is 0 Å². The molecule has 2 nitrogen and oxygen atoms in total. The van der Waals surface area contributed by atoms with Gasteiger partial charge in [-0.15, -0.1) is 0 Å². The second-order valence-corrected chi connectivity index (χ2v) is 8.85. The quantitative estimate of drug-likeness (QED) is 0.195. The van der Waals surface area contributed by atoms with Crippen LogP contribution in [-0.2, 0) is 0 Å². The molecule has 156 valence electrons. The third kappa shape index (κ3) is 15.0. The molecule has 1 aliphatic carbocycles. The average Bonchev–Trinajstić information content (AvgIpc) is 2.65. The zero-order valence-electron chi connectivity index (χ0n) is 18.1. The van der Waals surface area contributed by atoms with E-state index in [0.717, 1.165) is 6.42 Å². The van der Waals surface area contributed by atoms with E-state index in [1.54, 1.807) is 0 Å². The highest BCUT2D eigenvalue weighted by Crippen LogP contribution is 2.18. The zero-order chi connectivity index (χ0) is 18.7. The molecule has 0 aromatic rings. The van der Waals surface area contributed by atoms with Crippen LogP contribution in [-0.4, -0.2) is 12.2 Å². The first-order valence-electron chi connectivity index (χ1n) is 12.3. The summed E-state index contributed by atoms with van der Waals surface area (Å²) in [6.45, 7) is 2.30. The Kier molecular flexibility index (Phi) is 16.9. The molecule has 26 heavy (non-hydrogen) atoms. The molecule has 1 saturated carbocycles. The van der Waals surface area contributed by atoms with Crippen LogP contribution in [0.2, 0.25) is 0 Å². The molecule has 0 aliphatic heterocycles. The standard InChI is InChI=1S/C24H50N2/c1-2-3-4-5-6-7-8-9-10-11-12-13-14-15-19-22-24(25)26-23-20-17-16-18-21-23/h23-24,26H,2-22,25H2,1H3. The summed E-state index contributed by atoms with van der Waals surface area (Å²) in [7, 11) is 0. The first kappa shape index (κ1) is 24.0. The molecular formula is C24H50N2. The number of nitrogens with two attached hydrogens (primary N) is 1. The molecular weight excluding hydrogens is 316 g/mol. The van der Waals surface area contributed by atoms with Gasteiger partial charge < -0.3 is 5.73 Å². The monoisotopic (exact) mass is 366 g/mol. The van der Waals surface area contributed by atoms with Crippen molar-refractivity contribution >= 4 is 0 Å². The predicted octanol–water partition coefficient (Wildman–Crippen LogP) is 7.46. The van der Waals surface area contributed by atoms with Gasteiger partial charge in [0.25, 0.3) is 0 Å². The van der Waals surface area contributed by atoms with Crippen molar-refractivity contribution in [3.63, 3.8) is 0 Å². The van der Waals surface area contributed by atoms with Crippen LogP contribution in [0.4, 0.5) is 0 Å². The molecule has 1 fully saturated rings. The minimum absolute atomic E-state index is 0.236. The first-order valence-corrected chi connectivity index (χ1v) is 12.3. The van der Waals surface area contributed by atoms with Gasteiger partial charge in [-0.3, -0.25) is 5.32 Å². The molecule has 0 amide bonds. The topological polar surface area (TPSA) is 38.0 Å². The fourth-order valence-electron chi connectivity index (χ4n) is 4.39. The van der Waals surface area contributed by atoms with Gasteiger partial charge in [0.2, 0.25) is 0 Å². The van der Waals surface area contributed by atoms with Gasteiger partial charge >= 0.3 is 0 Å². The van der Waals surface area contributed by atoms with Crippen LogP contribution in [0.5, 0.6) is 0 Å². The molecule has 0 spiro atoms. The third-order valence-electron chi connectivity index (χ3n) is 6.17. The van der Waals surface area contributed by atoms with Crippen molar-refractivity contribution in [1.82, 2.24) is 5.32 Å². The Morgan fingerprint density at radius 3 is 1.54 bits per heavy atom. The lowest BCUT2D eigenvalue weighted by Gasteiger charge is -2.26. The second kappa shape index (κ2) is 18.3. The highest BCUT2D eigenvalue weighted by Gasteiger charge is 2.15. The van der Waals surface area contributed by atoms with Crippen molar-refractivity contribution in [3.8, 4) is 0 Å². The van der Waals surface area contributed by atoms with E-state index in [2.05, 4.69) is 12.2 Å². The van der Waals surface area contributed by atoms with Crippen LogP contribution < -0.4 is 11.1 Å². The van der Waals surface area contributed by atoms with Crippen molar-refractivity contribution in [2.45, 2.75) is 154 Å². The van der Waals surface area contributed by atoms with E-state index in [1.807, 2.05) is 0 Å². The highest BCUT2D eigenvalue weighted by molar-refractivity contribution is 4.74. The lowest BCUT2D eigenvalue weighted by Crippen LogP contribution is -2.44. The Labute approximate surface area is 165 Å². The predicted molar refractivity (Wildman–Crippen MR) is 118 cm³/mol. The Morgan fingerprint density at radius 2 is 1.08 bits per heavy atom. The maximum atomic E-state index is 6.25. The molecule has 3 N–H and O–H groups in total. The molecule has 0 radical (unpaired) electrons. The molecule has 1 rings (SSSR count). The molecule has 1 aliphatic rings. The zero-order valence-corrected chi connectivity index (χ0v) is 18.1. The maximum absolute atomic E-state index is 6.25. The van der Waals surface area contributed by atoms with Gasteiger partial charge in [-0.25, -0.2) is 0 Å². The van der Waals surface area contributed by atoms with E-state index in [-0.39, 0.29) is 6.17 Å². The van der Waals surface area contributed by atoms with Crippen LogP contribution in [0.25, 0.3) is 0 Å². The number of nitrogens with one attached hydrogen (secondary N) is 1. The summed E-state index contributed by atoms with van der Waals surface area (Å²) < 4.78 is 0. The number of hydrogen-bond donors (Lipinski definition) is 2. The molecule has 0 bridgehead atoms. The SMILES string of the molecule is CCCCCCCCCCCCCCCCCC(N)NC1CCCCC1. The molecule has 0 heterocycles. The van der Waals surface area contributed by atoms with Crippen molar-refractivity contribution in [2.24, 2.45) is 5.73 Å². The number of rotatable bonds is 18. The summed E-state index contributed by atoms with van der Waals surface area (Å²) in [5, 5.41) is 3.65. The van der Waals surface area contributed by atoms with Crippen molar-refractivity contribution in [1.29, 1.82) is 0 Å². The Bertz CT molecular complexity index is 273. The second-order valence-electron chi connectivity index (χ2n) is 8.85. The molecule has 0 saturated heterocycles. The largest absolute Gasteiger partial charge is 0.316 e. The minimum Gasteiger partial charge on any atom is -0.316 e. The molecule has 0 aromatic carbocycles. The van der Waals surface area contributed by atoms with Gasteiger partial charge in [0.05, 0.1) is 6.17 Å². The number of unbranched alkanes of at least 4 members (excludes halogenated alkanes) is 14. The summed E-state index contributed by atoms with van der Waals surface area (Å²) in [6, 6.07) is 0.704. The van der Waals surface area contributed by atoms with E-state index < -0.39 is 0 Å². The Balaban J connectivity index is 1.72. The van der Waals surface area contributed by atoms with Gasteiger partial charge in [-0.05, 0) is 19.3 Å². The van der Waals surface area contributed by atoms with E-state index in [4.69, 9.17) is 5.73 Å². The van der Waals surface area contributed by atoms with Crippen LogP contribution >= 0.6 is 0 Å². The Hall–Kier alpha value is -0.0800. The van der Waals surface area contributed by atoms with Crippen LogP contribution in [0.3, 0.4) is 0 Å². The fourth-order valence-corrected chi connectivity index (χ4v) is 4.39. The summed E-state index contributed by atoms with van der Waals surface area (Å²) in [5.41, 5.74) is 6.25. The summed E-state index contributed by atoms with van der Waals surface area (Å²) in [4.78, 5) is 0. The lowest BCUT2D eigenvalue weighted by atomic mass is 9.95. The van der Waals surface area contributed by atoms with Gasteiger partial charge in [0.1, 0.15) is 0 Å². The molecule has 0 aromatic heterocycles. The molecule has 1 unspecified atom stereocenters. The van der Waals surface area contributed by atoms with E-state index in [0.29, 0.717) is 6.04 Å². The van der Waals surface area contributed by atoms with Gasteiger partial charge in [0, 0.05) is 6.04 Å². The van der Waals surface area contributed by atoms with Gasteiger partial charge in [0.15, 0.2) is 0 Å². The highest BCUT2D eigenvalue weighted by atomic mass is 15.0. The maximum Gasteiger partial charge on any atom is 0.0548 e. The lowest BCUT2D eigenvalue weighted by molar-refractivity contribution is 0.326. The molecule has 2 heteroatoms. The summed E-state index contributed by atoms with van der Waals surface area (Å²) >= 11 is 0. The van der Waals surface area contributed by atoms with Crippen molar-refractivity contribution in [2.75, 3.05) is 0 Å². The number of hydrogen-bond acceptors (Lipinski definition) is 2. The van der Waals surface area contributed by atoms with E-state index in [1.165, 1.54) is 128 Å². The summed E-state index contributed by atoms with van der Waals surface area (Å²) in [6.07, 6.45) is 29.8. The average molecular weight is 367 g/mol. The third-order valence-corrected chi connectivity index (χ3v) is 6.17. The minimum atomic E-state index is 0.236. The van der Waals surface area contributed by atoms with Crippen LogP contribution in [0.15, 0.2) is 0 Å². The fraction of sp³-hybridized carbons (Fsp3) is 1.00.